The van der Waals surface area contributed by atoms with E-state index in [2.05, 4.69) is 14.8 Å². The minimum absolute atomic E-state index is 0.213. The van der Waals surface area contributed by atoms with Crippen molar-refractivity contribution in [2.24, 2.45) is 0 Å². The Balaban J connectivity index is 1.27. The van der Waals surface area contributed by atoms with Gasteiger partial charge < -0.3 is 23.9 Å². The monoisotopic (exact) mass is 417 g/mol. The van der Waals surface area contributed by atoms with Crippen LogP contribution in [0, 0.1) is 0 Å². The number of aliphatic hydroxyl groups excluding tert-OH is 1. The van der Waals surface area contributed by atoms with Crippen LogP contribution in [0.5, 0.6) is 11.5 Å². The molecule has 154 valence electrons. The number of piperazine rings is 1. The normalized spacial score (nSPS) is 16.2. The number of aliphatic hydroxyl groups is 1. The van der Waals surface area contributed by atoms with Crippen molar-refractivity contribution in [1.82, 2.24) is 9.88 Å². The van der Waals surface area contributed by atoms with Gasteiger partial charge in [0, 0.05) is 32.7 Å². The van der Waals surface area contributed by atoms with Crippen molar-refractivity contribution < 1.29 is 19.0 Å². The summed E-state index contributed by atoms with van der Waals surface area (Å²) in [4.78, 5) is 8.84. The van der Waals surface area contributed by atoms with Crippen LogP contribution in [0.1, 0.15) is 0 Å². The summed E-state index contributed by atoms with van der Waals surface area (Å²) in [5, 5.41) is 11.0. The van der Waals surface area contributed by atoms with Gasteiger partial charge in [-0.2, -0.15) is 4.98 Å². The lowest BCUT2D eigenvalue weighted by atomic mass is 10.2. The van der Waals surface area contributed by atoms with Gasteiger partial charge in [-0.05, 0) is 24.3 Å². The largest absolute Gasteiger partial charge is 0.493 e. The topological polar surface area (TPSA) is 71.2 Å². The van der Waals surface area contributed by atoms with Gasteiger partial charge in [0.2, 0.25) is 0 Å². The standard InChI is InChI=1S/C21H24ClN3O4/c1-27-17-6-2-3-7-18(17)28-14-15(26)13-24-9-11-25(12-10-24)21-23-20-16(22)5-4-8-19(20)29-21/h2-8,15,26H,9-14H2,1H3. The Labute approximate surface area is 174 Å². The molecule has 8 heteroatoms. The molecule has 0 bridgehead atoms. The van der Waals surface area contributed by atoms with E-state index in [1.165, 1.54) is 0 Å². The SMILES string of the molecule is COc1ccccc1OCC(O)CN1CCN(c2nc3c(Cl)cccc3o2)CC1. The molecule has 0 saturated carbocycles. The van der Waals surface area contributed by atoms with Crippen LogP contribution in [-0.4, -0.2) is 67.5 Å². The Hall–Kier alpha value is -2.48. The van der Waals surface area contributed by atoms with E-state index in [-0.39, 0.29) is 6.61 Å². The van der Waals surface area contributed by atoms with Crippen LogP contribution in [0.2, 0.25) is 5.02 Å². The summed E-state index contributed by atoms with van der Waals surface area (Å²) in [7, 11) is 1.60. The molecule has 0 spiro atoms. The maximum Gasteiger partial charge on any atom is 0.298 e. The van der Waals surface area contributed by atoms with Crippen LogP contribution in [-0.2, 0) is 0 Å². The summed E-state index contributed by atoms with van der Waals surface area (Å²) in [5.74, 6) is 1.29. The van der Waals surface area contributed by atoms with Crippen LogP contribution >= 0.6 is 11.6 Å². The van der Waals surface area contributed by atoms with Gasteiger partial charge in [-0.25, -0.2) is 0 Å². The summed E-state index contributed by atoms with van der Waals surface area (Å²) in [6.07, 6.45) is -0.588. The smallest absolute Gasteiger partial charge is 0.298 e. The average Bonchev–Trinajstić information content (AvgIpc) is 3.19. The number of fused-ring (bicyclic) bond motifs is 1. The number of nitrogens with zero attached hydrogens (tertiary/aromatic N) is 3. The summed E-state index contributed by atoms with van der Waals surface area (Å²) < 4.78 is 16.8. The highest BCUT2D eigenvalue weighted by atomic mass is 35.5. The third-order valence-electron chi connectivity index (χ3n) is 4.97. The molecule has 0 amide bonds. The zero-order valence-corrected chi connectivity index (χ0v) is 17.0. The second kappa shape index (κ2) is 8.90. The zero-order chi connectivity index (χ0) is 20.2. The maximum absolute atomic E-state index is 10.4. The highest BCUT2D eigenvalue weighted by Crippen LogP contribution is 2.28. The number of hydrogen-bond donors (Lipinski definition) is 1. The fraction of sp³-hybridized carbons (Fsp3) is 0.381. The van der Waals surface area contributed by atoms with E-state index in [0.717, 1.165) is 26.2 Å². The van der Waals surface area contributed by atoms with Gasteiger partial charge in [-0.3, -0.25) is 4.90 Å². The number of halogens is 1. The molecule has 1 N–H and O–H groups in total. The van der Waals surface area contributed by atoms with Gasteiger partial charge in [0.1, 0.15) is 18.2 Å². The molecule has 0 aliphatic carbocycles. The van der Waals surface area contributed by atoms with E-state index in [0.29, 0.717) is 40.2 Å². The van der Waals surface area contributed by atoms with Gasteiger partial charge >= 0.3 is 0 Å². The Morgan fingerprint density at radius 3 is 2.59 bits per heavy atom. The quantitative estimate of drug-likeness (QED) is 0.633. The third kappa shape index (κ3) is 4.58. The molecule has 3 aromatic rings. The number of β-amino-alcohol motifs (C(OH)–C–C–N with tert-alkyl or cyclic N) is 1. The number of benzene rings is 2. The van der Waals surface area contributed by atoms with Crippen LogP contribution in [0.4, 0.5) is 6.01 Å². The predicted molar refractivity (Wildman–Crippen MR) is 112 cm³/mol. The number of ether oxygens (including phenoxy) is 2. The van der Waals surface area contributed by atoms with Crippen molar-refractivity contribution in [2.45, 2.75) is 6.10 Å². The molecule has 1 aliphatic rings. The molecule has 2 aromatic carbocycles. The summed E-state index contributed by atoms with van der Waals surface area (Å²) in [6.45, 7) is 3.90. The predicted octanol–water partition coefficient (Wildman–Crippen LogP) is 3.05. The molecule has 29 heavy (non-hydrogen) atoms. The van der Waals surface area contributed by atoms with Crippen molar-refractivity contribution in [3.8, 4) is 11.5 Å². The van der Waals surface area contributed by atoms with E-state index >= 15 is 0 Å². The van der Waals surface area contributed by atoms with Gasteiger partial charge in [-0.15, -0.1) is 0 Å². The van der Waals surface area contributed by atoms with E-state index < -0.39 is 6.10 Å². The Morgan fingerprint density at radius 2 is 1.86 bits per heavy atom. The molecule has 4 rings (SSSR count). The van der Waals surface area contributed by atoms with Gasteiger partial charge in [0.15, 0.2) is 17.1 Å². The molecule has 1 unspecified atom stereocenters. The zero-order valence-electron chi connectivity index (χ0n) is 16.3. The highest BCUT2D eigenvalue weighted by molar-refractivity contribution is 6.34. The minimum Gasteiger partial charge on any atom is -0.493 e. The lowest BCUT2D eigenvalue weighted by molar-refractivity contribution is 0.0650. The Kier molecular flexibility index (Phi) is 6.08. The first-order valence-electron chi connectivity index (χ1n) is 9.60. The van der Waals surface area contributed by atoms with Gasteiger partial charge in [-0.1, -0.05) is 29.8 Å². The van der Waals surface area contributed by atoms with Crippen molar-refractivity contribution in [3.05, 3.63) is 47.5 Å². The lowest BCUT2D eigenvalue weighted by Gasteiger charge is -2.34. The fourth-order valence-corrected chi connectivity index (χ4v) is 3.64. The first-order chi connectivity index (χ1) is 14.1. The lowest BCUT2D eigenvalue weighted by Crippen LogP contribution is -2.49. The first-order valence-corrected chi connectivity index (χ1v) is 9.98. The van der Waals surface area contributed by atoms with Crippen molar-refractivity contribution in [2.75, 3.05) is 51.3 Å². The number of anilines is 1. The maximum atomic E-state index is 10.4. The van der Waals surface area contributed by atoms with Crippen molar-refractivity contribution in [1.29, 1.82) is 0 Å². The van der Waals surface area contributed by atoms with E-state index in [1.807, 2.05) is 42.5 Å². The third-order valence-corrected chi connectivity index (χ3v) is 5.28. The van der Waals surface area contributed by atoms with Gasteiger partial charge in [0.05, 0.1) is 12.1 Å². The van der Waals surface area contributed by atoms with Crippen LogP contribution in [0.15, 0.2) is 46.9 Å². The molecule has 7 nitrogen and oxygen atoms in total. The molecule has 1 atom stereocenters. The number of para-hydroxylation sites is 3. The Morgan fingerprint density at radius 1 is 1.10 bits per heavy atom. The molecule has 2 heterocycles. The second-order valence-electron chi connectivity index (χ2n) is 6.99. The molecule has 1 aromatic heterocycles. The summed E-state index contributed by atoms with van der Waals surface area (Å²) >= 11 is 6.19. The summed E-state index contributed by atoms with van der Waals surface area (Å²) in [6, 6.07) is 13.5. The van der Waals surface area contributed by atoms with E-state index in [9.17, 15) is 5.11 Å². The molecular weight excluding hydrogens is 394 g/mol. The molecule has 1 aliphatic heterocycles. The number of oxazole rings is 1. The Bertz CT molecular complexity index is 956. The minimum atomic E-state index is -0.588. The molecule has 0 radical (unpaired) electrons. The fourth-order valence-electron chi connectivity index (χ4n) is 3.43. The summed E-state index contributed by atoms with van der Waals surface area (Å²) in [5.41, 5.74) is 1.38. The van der Waals surface area contributed by atoms with E-state index in [1.54, 1.807) is 7.11 Å². The number of aromatic nitrogens is 1. The average molecular weight is 418 g/mol. The van der Waals surface area contributed by atoms with Crippen LogP contribution < -0.4 is 14.4 Å². The molecule has 1 saturated heterocycles. The number of rotatable bonds is 7. The molecule has 1 fully saturated rings. The number of hydrogen-bond acceptors (Lipinski definition) is 7. The van der Waals surface area contributed by atoms with E-state index in [4.69, 9.17) is 25.5 Å². The van der Waals surface area contributed by atoms with Crippen molar-refractivity contribution >= 4 is 28.7 Å². The second-order valence-corrected chi connectivity index (χ2v) is 7.39. The van der Waals surface area contributed by atoms with Crippen LogP contribution in [0.25, 0.3) is 11.1 Å². The molecular formula is C21H24ClN3O4. The number of methoxy groups -OCH3 is 1. The highest BCUT2D eigenvalue weighted by Gasteiger charge is 2.23. The van der Waals surface area contributed by atoms with Gasteiger partial charge in [0.25, 0.3) is 6.01 Å². The van der Waals surface area contributed by atoms with Crippen molar-refractivity contribution in [3.63, 3.8) is 0 Å². The first kappa shape index (κ1) is 19.8. The van der Waals surface area contributed by atoms with Crippen LogP contribution in [0.3, 0.4) is 0 Å².